The van der Waals surface area contributed by atoms with E-state index in [1.165, 1.54) is 35.6 Å². The lowest BCUT2D eigenvalue weighted by atomic mass is 9.96. The van der Waals surface area contributed by atoms with Crippen LogP contribution in [0.4, 0.5) is 14.5 Å². The van der Waals surface area contributed by atoms with Crippen LogP contribution >= 0.6 is 11.3 Å². The SMILES string of the molecule is CCc1ccc(NS(=O)(=O)c2ccc(CCNC(=O)c3ccc(-c4ccc(C5=N[C@@H](CC(=O)O)c6nnc(C)n6-c6sc(C)c(C)c65)cc4)c(F)c3F)cc2)c2[nH]cc(C#N)c12. The molecule has 0 spiro atoms. The lowest BCUT2D eigenvalue weighted by molar-refractivity contribution is -0.137. The summed E-state index contributed by atoms with van der Waals surface area (Å²) in [6, 6.07) is 20.0. The number of benzene rings is 4. The van der Waals surface area contributed by atoms with Crippen molar-refractivity contribution < 1.29 is 31.9 Å². The number of carboxylic acids is 1. The Morgan fingerprint density at radius 1 is 0.968 bits per heavy atom. The zero-order valence-electron chi connectivity index (χ0n) is 33.8. The van der Waals surface area contributed by atoms with Crippen LogP contribution in [0.1, 0.15) is 79.7 Å². The number of nitrogens with zero attached hydrogens (tertiary/aromatic N) is 5. The topological polar surface area (TPSA) is 195 Å². The van der Waals surface area contributed by atoms with E-state index < -0.39 is 45.1 Å². The van der Waals surface area contributed by atoms with Gasteiger partial charge in [-0.05, 0) is 80.1 Å². The van der Waals surface area contributed by atoms with Crippen LogP contribution in [-0.4, -0.2) is 57.4 Å². The first-order chi connectivity index (χ1) is 29.7. The second kappa shape index (κ2) is 16.4. The Morgan fingerprint density at radius 2 is 1.69 bits per heavy atom. The zero-order valence-corrected chi connectivity index (χ0v) is 35.4. The number of aromatic amines is 1. The smallest absolute Gasteiger partial charge is 0.306 e. The Hall–Kier alpha value is -7.03. The van der Waals surface area contributed by atoms with Gasteiger partial charge in [-0.2, -0.15) is 5.26 Å². The predicted octanol–water partition coefficient (Wildman–Crippen LogP) is 8.25. The molecule has 1 aliphatic rings. The van der Waals surface area contributed by atoms with Gasteiger partial charge in [0.2, 0.25) is 0 Å². The minimum Gasteiger partial charge on any atom is -0.481 e. The minimum atomic E-state index is -4.00. The van der Waals surface area contributed by atoms with Crippen LogP contribution < -0.4 is 10.0 Å². The van der Waals surface area contributed by atoms with Crippen molar-refractivity contribution >= 4 is 55.5 Å². The number of hydrogen-bond donors (Lipinski definition) is 4. The Morgan fingerprint density at radius 3 is 2.39 bits per heavy atom. The molecule has 3 aromatic heterocycles. The largest absolute Gasteiger partial charge is 0.481 e. The number of hydrogen-bond acceptors (Lipinski definition) is 9. The highest BCUT2D eigenvalue weighted by Gasteiger charge is 2.32. The minimum absolute atomic E-state index is 0.00269. The number of halogens is 2. The Kier molecular flexibility index (Phi) is 11.1. The number of fused-ring (bicyclic) bond motifs is 4. The van der Waals surface area contributed by atoms with Crippen molar-refractivity contribution in [3.8, 4) is 22.2 Å². The van der Waals surface area contributed by atoms with Gasteiger partial charge in [0.05, 0.1) is 39.4 Å². The summed E-state index contributed by atoms with van der Waals surface area (Å²) in [5.74, 6) is -3.36. The van der Waals surface area contributed by atoms with E-state index in [2.05, 4.69) is 31.3 Å². The van der Waals surface area contributed by atoms with Crippen LogP contribution in [0.5, 0.6) is 0 Å². The molecule has 0 saturated carbocycles. The van der Waals surface area contributed by atoms with E-state index in [0.717, 1.165) is 26.6 Å². The molecule has 0 fully saturated rings. The molecule has 0 saturated heterocycles. The number of thiophene rings is 1. The quantitative estimate of drug-likeness (QED) is 0.0942. The van der Waals surface area contributed by atoms with Crippen molar-refractivity contribution in [3.05, 3.63) is 146 Å². The number of sulfonamides is 1. The summed E-state index contributed by atoms with van der Waals surface area (Å²) >= 11 is 1.53. The third-order valence-electron chi connectivity index (χ3n) is 11.0. The van der Waals surface area contributed by atoms with Crippen LogP contribution in [0.3, 0.4) is 0 Å². The van der Waals surface area contributed by atoms with Gasteiger partial charge in [-0.15, -0.1) is 21.5 Å². The number of nitrogens with one attached hydrogen (secondary N) is 3. The third kappa shape index (κ3) is 7.52. The number of carbonyl (C=O) groups is 2. The molecule has 0 bridgehead atoms. The molecule has 0 unspecified atom stereocenters. The van der Waals surface area contributed by atoms with Crippen LogP contribution in [-0.2, 0) is 27.7 Å². The first-order valence-electron chi connectivity index (χ1n) is 19.5. The average Bonchev–Trinajstić information content (AvgIpc) is 3.92. The normalized spacial score (nSPS) is 13.5. The van der Waals surface area contributed by atoms with Crippen molar-refractivity contribution in [1.82, 2.24) is 25.1 Å². The van der Waals surface area contributed by atoms with Gasteiger partial charge >= 0.3 is 5.97 Å². The Balaban J connectivity index is 0.945. The van der Waals surface area contributed by atoms with Crippen molar-refractivity contribution in [2.75, 3.05) is 11.3 Å². The number of anilines is 1. The Labute approximate surface area is 358 Å². The molecular formula is C45H38F2N8O5S2. The van der Waals surface area contributed by atoms with Crippen molar-refractivity contribution in [2.24, 2.45) is 4.99 Å². The maximum absolute atomic E-state index is 15.7. The van der Waals surface area contributed by atoms with Crippen molar-refractivity contribution in [3.63, 3.8) is 0 Å². The van der Waals surface area contributed by atoms with Gasteiger partial charge in [0, 0.05) is 39.7 Å². The second-order valence-electron chi connectivity index (χ2n) is 14.8. The second-order valence-corrected chi connectivity index (χ2v) is 17.7. The van der Waals surface area contributed by atoms with E-state index >= 15 is 8.78 Å². The van der Waals surface area contributed by atoms with E-state index in [1.807, 2.05) is 25.3 Å². The van der Waals surface area contributed by atoms with Crippen LogP contribution in [0.25, 0.3) is 27.0 Å². The van der Waals surface area contributed by atoms with E-state index in [0.29, 0.717) is 62.6 Å². The molecule has 1 amide bonds. The fourth-order valence-electron chi connectivity index (χ4n) is 7.69. The molecule has 0 aliphatic carbocycles. The summed E-state index contributed by atoms with van der Waals surface area (Å²) in [4.78, 5) is 33.9. The van der Waals surface area contributed by atoms with Gasteiger partial charge < -0.3 is 15.4 Å². The lowest BCUT2D eigenvalue weighted by Gasteiger charge is -2.13. The number of aliphatic carboxylic acids is 1. The first-order valence-corrected chi connectivity index (χ1v) is 21.8. The van der Waals surface area contributed by atoms with Gasteiger partial charge in [-0.1, -0.05) is 55.5 Å². The summed E-state index contributed by atoms with van der Waals surface area (Å²) in [6.07, 6.45) is 2.18. The number of aryl methyl sites for hydroxylation is 3. The summed E-state index contributed by atoms with van der Waals surface area (Å²) in [5.41, 5.74) is 5.62. The van der Waals surface area contributed by atoms with Gasteiger partial charge in [0.15, 0.2) is 17.5 Å². The van der Waals surface area contributed by atoms with Gasteiger partial charge in [-0.3, -0.25) is 23.9 Å². The highest BCUT2D eigenvalue weighted by molar-refractivity contribution is 7.92. The molecule has 0 radical (unpaired) electrons. The number of carbonyl (C=O) groups excluding carboxylic acids is 1. The molecule has 1 atom stereocenters. The monoisotopic (exact) mass is 872 g/mol. The van der Waals surface area contributed by atoms with Crippen LogP contribution in [0, 0.1) is 43.7 Å². The summed E-state index contributed by atoms with van der Waals surface area (Å²) in [7, 11) is -4.00. The van der Waals surface area contributed by atoms with Crippen LogP contribution in [0.15, 0.2) is 88.9 Å². The number of aromatic nitrogens is 4. The first kappa shape index (κ1) is 41.7. The van der Waals surface area contributed by atoms with Gasteiger partial charge in [-0.25, -0.2) is 17.2 Å². The average molecular weight is 873 g/mol. The molecule has 314 valence electrons. The van der Waals surface area contributed by atoms with Gasteiger partial charge in [0.1, 0.15) is 22.9 Å². The van der Waals surface area contributed by atoms with E-state index in [9.17, 15) is 28.4 Å². The molecule has 7 aromatic rings. The number of carboxylic acid groups (broad SMARTS) is 1. The molecule has 62 heavy (non-hydrogen) atoms. The molecule has 13 nitrogen and oxygen atoms in total. The fourth-order valence-corrected chi connectivity index (χ4v) is 9.97. The van der Waals surface area contributed by atoms with E-state index in [4.69, 9.17) is 4.99 Å². The van der Waals surface area contributed by atoms with Crippen LogP contribution in [0.2, 0.25) is 0 Å². The summed E-state index contributed by atoms with van der Waals surface area (Å²) in [5, 5.41) is 31.8. The number of nitriles is 1. The zero-order chi connectivity index (χ0) is 44.0. The van der Waals surface area contributed by atoms with E-state index in [-0.39, 0.29) is 29.8 Å². The molecule has 4 N–H and O–H groups in total. The molecule has 17 heteroatoms. The molecule has 4 heterocycles. The third-order valence-corrected chi connectivity index (χ3v) is 13.6. The molecule has 1 aliphatic heterocycles. The number of H-pyrrole nitrogens is 1. The fraction of sp³-hybridized carbons (Fsp3) is 0.200. The highest BCUT2D eigenvalue weighted by Crippen LogP contribution is 2.40. The maximum atomic E-state index is 15.7. The van der Waals surface area contributed by atoms with Crippen molar-refractivity contribution in [2.45, 2.75) is 57.9 Å². The lowest BCUT2D eigenvalue weighted by Crippen LogP contribution is -2.27. The molecular weight excluding hydrogens is 835 g/mol. The standard InChI is InChI=1S/C45H38F2N8O5S2/c1-5-27-12-17-34(42-38(27)30(21-48)22-50-42)54-62(59,60)31-13-6-26(7-14-31)18-19-49-44(58)33-16-15-32(39(46)40(33)47)28-8-10-29(11-9-28)41-37-23(2)24(3)61-45(37)55-25(4)52-53-43(55)35(51-41)20-36(56)57/h6-17,22,35,50,54H,5,18-20H2,1-4H3,(H,49,58)(H,56,57)/t35-/m0/s1. The molecule has 8 rings (SSSR count). The molecule has 4 aromatic carbocycles. The summed E-state index contributed by atoms with van der Waals surface area (Å²) < 4.78 is 62.2. The van der Waals surface area contributed by atoms with E-state index in [1.54, 1.807) is 61.7 Å². The number of amides is 1. The number of aliphatic imine (C=N–C) groups is 1. The maximum Gasteiger partial charge on any atom is 0.306 e. The van der Waals surface area contributed by atoms with Crippen molar-refractivity contribution in [1.29, 1.82) is 5.26 Å². The number of rotatable bonds is 12. The predicted molar refractivity (Wildman–Crippen MR) is 232 cm³/mol. The van der Waals surface area contributed by atoms with Gasteiger partial charge in [0.25, 0.3) is 15.9 Å². The Bertz CT molecular complexity index is 3130. The highest BCUT2D eigenvalue weighted by atomic mass is 32.2. The summed E-state index contributed by atoms with van der Waals surface area (Å²) in [6.45, 7) is 7.76.